The quantitative estimate of drug-likeness (QED) is 0.638. The Labute approximate surface area is 145 Å². The van der Waals surface area contributed by atoms with Crippen LogP contribution in [0.15, 0.2) is 29.3 Å². The van der Waals surface area contributed by atoms with Crippen LogP contribution in [0.25, 0.3) is 0 Å². The summed E-state index contributed by atoms with van der Waals surface area (Å²) >= 11 is 0. The second-order valence-electron chi connectivity index (χ2n) is 6.42. The average Bonchev–Trinajstić information content (AvgIpc) is 2.54. The Morgan fingerprint density at radius 2 is 1.76 bits per heavy atom. The standard InChI is InChI=1S/C18H23F3N2O2/c1-12(2)25-17(22-15-6-4-3-5-7-15)23-16(24)13-8-10-14(11-9-13)18(19,20)21/h8-12,15H,3-7H2,1-2H3,(H,22,23,24). The van der Waals surface area contributed by atoms with Gasteiger partial charge in [0, 0.05) is 5.56 Å². The lowest BCUT2D eigenvalue weighted by atomic mass is 9.96. The van der Waals surface area contributed by atoms with E-state index in [1.807, 2.05) is 13.8 Å². The number of hydrogen-bond acceptors (Lipinski definition) is 3. The van der Waals surface area contributed by atoms with Crippen molar-refractivity contribution in [2.24, 2.45) is 4.99 Å². The molecule has 0 atom stereocenters. The van der Waals surface area contributed by atoms with Crippen LogP contribution in [-0.4, -0.2) is 24.1 Å². The smallest absolute Gasteiger partial charge is 0.416 e. The molecule has 0 radical (unpaired) electrons. The van der Waals surface area contributed by atoms with Crippen LogP contribution < -0.4 is 5.32 Å². The fourth-order valence-corrected chi connectivity index (χ4v) is 2.67. The minimum absolute atomic E-state index is 0.107. The highest BCUT2D eigenvalue weighted by Crippen LogP contribution is 2.29. The summed E-state index contributed by atoms with van der Waals surface area (Å²) in [5.41, 5.74) is -0.671. The number of ether oxygens (including phenoxy) is 1. The Hall–Kier alpha value is -2.05. The zero-order chi connectivity index (χ0) is 18.4. The van der Waals surface area contributed by atoms with Crippen molar-refractivity contribution >= 4 is 11.9 Å². The molecule has 0 aromatic heterocycles. The fourth-order valence-electron chi connectivity index (χ4n) is 2.67. The number of carbonyl (C=O) groups excluding carboxylic acids is 1. The first kappa shape index (κ1) is 19.3. The lowest BCUT2D eigenvalue weighted by molar-refractivity contribution is -0.137. The van der Waals surface area contributed by atoms with Crippen LogP contribution in [0.3, 0.4) is 0 Å². The lowest BCUT2D eigenvalue weighted by Crippen LogP contribution is -2.35. The summed E-state index contributed by atoms with van der Waals surface area (Å²) in [6, 6.07) is 4.30. The molecule has 1 aromatic rings. The highest BCUT2D eigenvalue weighted by Gasteiger charge is 2.30. The number of carbonyl (C=O) groups is 1. The Bertz CT molecular complexity index is 604. The zero-order valence-corrected chi connectivity index (χ0v) is 14.4. The number of rotatable bonds is 3. The molecule has 1 saturated carbocycles. The van der Waals surface area contributed by atoms with E-state index in [1.54, 1.807) is 0 Å². The van der Waals surface area contributed by atoms with Gasteiger partial charge in [-0.15, -0.1) is 0 Å². The average molecular weight is 356 g/mol. The van der Waals surface area contributed by atoms with Crippen molar-refractivity contribution in [3.8, 4) is 0 Å². The van der Waals surface area contributed by atoms with Gasteiger partial charge in [0.25, 0.3) is 11.9 Å². The summed E-state index contributed by atoms with van der Waals surface area (Å²) in [6.45, 7) is 3.64. The molecule has 0 unspecified atom stereocenters. The van der Waals surface area contributed by atoms with Crippen molar-refractivity contribution in [3.05, 3.63) is 35.4 Å². The predicted molar refractivity (Wildman–Crippen MR) is 89.4 cm³/mol. The topological polar surface area (TPSA) is 50.7 Å². The number of amidine groups is 1. The van der Waals surface area contributed by atoms with E-state index in [0.29, 0.717) is 0 Å². The number of benzene rings is 1. The van der Waals surface area contributed by atoms with Gasteiger partial charge < -0.3 is 4.74 Å². The van der Waals surface area contributed by atoms with Gasteiger partial charge in [0.2, 0.25) is 0 Å². The molecule has 1 N–H and O–H groups in total. The Morgan fingerprint density at radius 1 is 1.16 bits per heavy atom. The largest absolute Gasteiger partial charge is 0.462 e. The van der Waals surface area contributed by atoms with E-state index in [1.165, 1.54) is 6.42 Å². The molecular weight excluding hydrogens is 333 g/mol. The minimum Gasteiger partial charge on any atom is -0.462 e. The molecule has 25 heavy (non-hydrogen) atoms. The molecule has 0 bridgehead atoms. The van der Waals surface area contributed by atoms with Crippen LogP contribution in [0.4, 0.5) is 13.2 Å². The van der Waals surface area contributed by atoms with Crippen LogP contribution in [0.2, 0.25) is 0 Å². The van der Waals surface area contributed by atoms with E-state index >= 15 is 0 Å². The third-order valence-corrected chi connectivity index (χ3v) is 3.92. The molecule has 0 heterocycles. The number of hydrogen-bond donors (Lipinski definition) is 1. The van der Waals surface area contributed by atoms with Crippen molar-refractivity contribution in [1.29, 1.82) is 0 Å². The highest BCUT2D eigenvalue weighted by molar-refractivity contribution is 6.04. The van der Waals surface area contributed by atoms with E-state index in [2.05, 4.69) is 10.3 Å². The first-order valence-corrected chi connectivity index (χ1v) is 8.49. The normalized spacial score (nSPS) is 16.8. The molecule has 0 spiro atoms. The fraction of sp³-hybridized carbons (Fsp3) is 0.556. The minimum atomic E-state index is -4.43. The van der Waals surface area contributed by atoms with Gasteiger partial charge in [-0.25, -0.2) is 4.99 Å². The van der Waals surface area contributed by atoms with Crippen molar-refractivity contribution in [2.45, 2.75) is 64.3 Å². The third-order valence-electron chi connectivity index (χ3n) is 3.92. The molecule has 4 nitrogen and oxygen atoms in total. The van der Waals surface area contributed by atoms with Gasteiger partial charge in [0.1, 0.15) is 0 Å². The van der Waals surface area contributed by atoms with E-state index < -0.39 is 17.6 Å². The third kappa shape index (κ3) is 6.07. The monoisotopic (exact) mass is 356 g/mol. The van der Waals surface area contributed by atoms with Gasteiger partial charge in [-0.05, 0) is 51.0 Å². The number of alkyl halides is 3. The summed E-state index contributed by atoms with van der Waals surface area (Å²) in [7, 11) is 0. The number of amides is 1. The van der Waals surface area contributed by atoms with E-state index in [0.717, 1.165) is 49.9 Å². The van der Waals surface area contributed by atoms with Crippen molar-refractivity contribution in [3.63, 3.8) is 0 Å². The molecule has 1 fully saturated rings. The maximum Gasteiger partial charge on any atom is 0.416 e. The maximum atomic E-state index is 12.6. The SMILES string of the molecule is CC(C)OC(=NC1CCCCC1)NC(=O)c1ccc(C(F)(F)F)cc1. The molecule has 0 aliphatic heterocycles. The lowest BCUT2D eigenvalue weighted by Gasteiger charge is -2.20. The summed E-state index contributed by atoms with van der Waals surface area (Å²) in [5, 5.41) is 2.58. The second kappa shape index (κ2) is 8.36. The number of nitrogens with zero attached hydrogens (tertiary/aromatic N) is 1. The number of halogens is 3. The molecule has 1 amide bonds. The van der Waals surface area contributed by atoms with Gasteiger partial charge in [-0.3, -0.25) is 10.1 Å². The summed E-state index contributed by atoms with van der Waals surface area (Å²) < 4.78 is 43.3. The molecular formula is C18H23F3N2O2. The van der Waals surface area contributed by atoms with Gasteiger partial charge in [-0.1, -0.05) is 19.3 Å². The molecule has 1 aromatic carbocycles. The second-order valence-corrected chi connectivity index (χ2v) is 6.42. The highest BCUT2D eigenvalue weighted by atomic mass is 19.4. The van der Waals surface area contributed by atoms with Crippen LogP contribution >= 0.6 is 0 Å². The van der Waals surface area contributed by atoms with E-state index in [-0.39, 0.29) is 23.7 Å². The summed E-state index contributed by atoms with van der Waals surface area (Å²) in [4.78, 5) is 16.8. The Morgan fingerprint density at radius 3 is 2.28 bits per heavy atom. The zero-order valence-electron chi connectivity index (χ0n) is 14.4. The van der Waals surface area contributed by atoms with Crippen LogP contribution in [0, 0.1) is 0 Å². The first-order chi connectivity index (χ1) is 11.8. The Balaban J connectivity index is 2.09. The van der Waals surface area contributed by atoms with Crippen molar-refractivity contribution in [1.82, 2.24) is 5.32 Å². The van der Waals surface area contributed by atoms with Gasteiger partial charge in [0.05, 0.1) is 17.7 Å². The van der Waals surface area contributed by atoms with Crippen molar-refractivity contribution in [2.75, 3.05) is 0 Å². The van der Waals surface area contributed by atoms with Gasteiger partial charge in [0.15, 0.2) is 0 Å². The molecule has 7 heteroatoms. The number of nitrogens with one attached hydrogen (secondary N) is 1. The molecule has 0 saturated heterocycles. The predicted octanol–water partition coefficient (Wildman–Crippen LogP) is 4.55. The van der Waals surface area contributed by atoms with Crippen LogP contribution in [0.5, 0.6) is 0 Å². The van der Waals surface area contributed by atoms with Gasteiger partial charge in [-0.2, -0.15) is 13.2 Å². The van der Waals surface area contributed by atoms with Gasteiger partial charge >= 0.3 is 6.18 Å². The molecule has 2 rings (SSSR count). The maximum absolute atomic E-state index is 12.6. The number of aliphatic imine (C=N–C) groups is 1. The summed E-state index contributed by atoms with van der Waals surface area (Å²) in [5.74, 6) is -0.538. The summed E-state index contributed by atoms with van der Waals surface area (Å²) in [6.07, 6.45) is 0.664. The van der Waals surface area contributed by atoms with E-state index in [9.17, 15) is 18.0 Å². The Kier molecular flexibility index (Phi) is 6.45. The molecule has 1 aliphatic rings. The molecule has 138 valence electrons. The van der Waals surface area contributed by atoms with Crippen LogP contribution in [-0.2, 0) is 10.9 Å². The van der Waals surface area contributed by atoms with Crippen LogP contribution in [0.1, 0.15) is 61.9 Å². The molecule has 1 aliphatic carbocycles. The van der Waals surface area contributed by atoms with E-state index in [4.69, 9.17) is 4.74 Å². The first-order valence-electron chi connectivity index (χ1n) is 8.49. The van der Waals surface area contributed by atoms with Crippen molar-refractivity contribution < 1.29 is 22.7 Å².